The van der Waals surface area contributed by atoms with E-state index >= 15 is 0 Å². The molecule has 0 spiro atoms. The van der Waals surface area contributed by atoms with E-state index in [2.05, 4.69) is 15.0 Å². The fourth-order valence-electron chi connectivity index (χ4n) is 3.81. The number of nitrogens with two attached hydrogens (primary N) is 2. The highest BCUT2D eigenvalue weighted by Gasteiger charge is 2.18. The van der Waals surface area contributed by atoms with Crippen LogP contribution in [0, 0.1) is 0 Å². The zero-order valence-electron chi connectivity index (χ0n) is 19.1. The van der Waals surface area contributed by atoms with Crippen molar-refractivity contribution in [1.29, 1.82) is 0 Å². The molecule has 0 saturated carbocycles. The highest BCUT2D eigenvalue weighted by atomic mass is 16.5. The predicted octanol–water partition coefficient (Wildman–Crippen LogP) is 2.81. The van der Waals surface area contributed by atoms with E-state index in [0.29, 0.717) is 53.0 Å². The lowest BCUT2D eigenvalue weighted by Gasteiger charge is -2.04. The third kappa shape index (κ3) is 5.90. The van der Waals surface area contributed by atoms with Crippen molar-refractivity contribution >= 4 is 45.7 Å². The van der Waals surface area contributed by atoms with Crippen LogP contribution in [0.1, 0.15) is 38.5 Å². The summed E-state index contributed by atoms with van der Waals surface area (Å²) < 4.78 is 12.3. The van der Waals surface area contributed by atoms with Gasteiger partial charge in [0.25, 0.3) is 6.01 Å². The molecule has 0 amide bonds. The van der Waals surface area contributed by atoms with Gasteiger partial charge in [-0.15, -0.1) is 0 Å². The Morgan fingerprint density at radius 3 is 2.71 bits per heavy atom. The maximum Gasteiger partial charge on any atom is 0.305 e. The molecule has 0 radical (unpaired) electrons. The van der Waals surface area contributed by atoms with Gasteiger partial charge in [-0.2, -0.15) is 10.1 Å². The predicted molar refractivity (Wildman–Crippen MR) is 128 cm³/mol. The van der Waals surface area contributed by atoms with Crippen molar-refractivity contribution in [1.82, 2.24) is 24.7 Å². The molecule has 0 atom stereocenters. The van der Waals surface area contributed by atoms with Gasteiger partial charge in [-0.05, 0) is 31.0 Å². The van der Waals surface area contributed by atoms with E-state index < -0.39 is 5.97 Å². The van der Waals surface area contributed by atoms with Crippen molar-refractivity contribution in [3.05, 3.63) is 24.5 Å². The molecule has 0 fully saturated rings. The molecule has 4 aromatic rings. The Labute approximate surface area is 200 Å². The average molecular weight is 482 g/mol. The first-order valence-corrected chi connectivity index (χ1v) is 11.4. The van der Waals surface area contributed by atoms with Gasteiger partial charge in [-0.25, -0.2) is 14.6 Å². The van der Waals surface area contributed by atoms with Gasteiger partial charge in [0.1, 0.15) is 29.1 Å². The Kier molecular flexibility index (Phi) is 7.51. The first-order valence-electron chi connectivity index (χ1n) is 11.4. The molecule has 35 heavy (non-hydrogen) atoms. The topological polar surface area (TPSA) is 185 Å². The first kappa shape index (κ1) is 24.1. The van der Waals surface area contributed by atoms with Gasteiger partial charge in [-0.3, -0.25) is 9.59 Å². The summed E-state index contributed by atoms with van der Waals surface area (Å²) in [6.45, 7) is 0.984. The van der Waals surface area contributed by atoms with Crippen molar-refractivity contribution in [2.24, 2.45) is 0 Å². The van der Waals surface area contributed by atoms with E-state index in [0.717, 1.165) is 24.8 Å². The van der Waals surface area contributed by atoms with Gasteiger partial charge in [0, 0.05) is 24.9 Å². The Balaban J connectivity index is 1.35. The van der Waals surface area contributed by atoms with Crippen LogP contribution in [-0.4, -0.2) is 54.8 Å². The van der Waals surface area contributed by atoms with E-state index in [9.17, 15) is 9.59 Å². The van der Waals surface area contributed by atoms with Gasteiger partial charge >= 0.3 is 5.97 Å². The van der Waals surface area contributed by atoms with Crippen LogP contribution < -0.4 is 11.5 Å². The monoisotopic (exact) mass is 481 g/mol. The molecule has 3 heterocycles. The smallest absolute Gasteiger partial charge is 0.305 e. The Hall–Kier alpha value is -4.06. The number of ketones is 1. The lowest BCUT2D eigenvalue weighted by molar-refractivity contribution is -0.138. The van der Waals surface area contributed by atoms with Crippen molar-refractivity contribution in [3.8, 4) is 11.3 Å². The van der Waals surface area contributed by atoms with Crippen LogP contribution in [0.2, 0.25) is 0 Å². The van der Waals surface area contributed by atoms with E-state index in [4.69, 9.17) is 30.8 Å². The van der Waals surface area contributed by atoms with Crippen LogP contribution in [0.15, 0.2) is 28.9 Å². The second kappa shape index (κ2) is 10.9. The zero-order chi connectivity index (χ0) is 24.8. The molecular formula is C23H27N7O5. The molecule has 184 valence electrons. The van der Waals surface area contributed by atoms with E-state index in [-0.39, 0.29) is 31.4 Å². The number of carbonyl (C=O) groups excluding carboxylic acids is 1. The van der Waals surface area contributed by atoms with Gasteiger partial charge in [0.05, 0.1) is 25.0 Å². The third-order valence-corrected chi connectivity index (χ3v) is 5.55. The van der Waals surface area contributed by atoms with Gasteiger partial charge < -0.3 is 25.7 Å². The van der Waals surface area contributed by atoms with E-state index in [1.807, 2.05) is 16.8 Å². The summed E-state index contributed by atoms with van der Waals surface area (Å²) in [5.74, 6) is -0.465. The number of nitrogen functional groups attached to an aromatic ring is 2. The Morgan fingerprint density at radius 1 is 1.06 bits per heavy atom. The maximum atomic E-state index is 12.0. The number of aryl methyl sites for hydroxylation is 1. The summed E-state index contributed by atoms with van der Waals surface area (Å²) in [5, 5.41) is 14.0. The number of hydrogen-bond acceptors (Lipinski definition) is 10. The van der Waals surface area contributed by atoms with Crippen LogP contribution in [0.25, 0.3) is 33.4 Å². The molecule has 0 bridgehead atoms. The highest BCUT2D eigenvalue weighted by Crippen LogP contribution is 2.32. The quantitative estimate of drug-likeness (QED) is 0.238. The number of oxazole rings is 1. The molecule has 0 aliphatic carbocycles. The lowest BCUT2D eigenvalue weighted by atomic mass is 10.1. The minimum atomic E-state index is -0.913. The molecule has 4 rings (SSSR count). The fraction of sp³-hybridized carbons (Fsp3) is 0.391. The SMILES string of the molecule is Nc1nc2cc(-c3nn(CCCCCC(=O)CCOCCC(=O)O)c4ncnc(N)c34)ccc2o1. The third-order valence-electron chi connectivity index (χ3n) is 5.55. The normalized spacial score (nSPS) is 11.4. The zero-order valence-corrected chi connectivity index (χ0v) is 19.1. The minimum Gasteiger partial charge on any atom is -0.481 e. The number of carbonyl (C=O) groups is 2. The molecule has 12 heteroatoms. The van der Waals surface area contributed by atoms with Crippen molar-refractivity contribution in [3.63, 3.8) is 0 Å². The molecule has 3 aromatic heterocycles. The number of anilines is 2. The lowest BCUT2D eigenvalue weighted by Crippen LogP contribution is -2.08. The van der Waals surface area contributed by atoms with Crippen molar-refractivity contribution < 1.29 is 23.8 Å². The molecular weight excluding hydrogens is 454 g/mol. The number of unbranched alkanes of at least 4 members (excludes halogenated alkanes) is 2. The van der Waals surface area contributed by atoms with Crippen LogP contribution in [0.4, 0.5) is 11.8 Å². The second-order valence-corrected chi connectivity index (χ2v) is 8.12. The molecule has 5 N–H and O–H groups in total. The van der Waals surface area contributed by atoms with Crippen LogP contribution in [0.5, 0.6) is 0 Å². The molecule has 0 aliphatic heterocycles. The Morgan fingerprint density at radius 2 is 1.89 bits per heavy atom. The number of hydrogen-bond donors (Lipinski definition) is 3. The number of carboxylic acids is 1. The first-order chi connectivity index (χ1) is 16.9. The number of fused-ring (bicyclic) bond motifs is 2. The largest absolute Gasteiger partial charge is 0.481 e. The average Bonchev–Trinajstić information content (AvgIpc) is 3.38. The summed E-state index contributed by atoms with van der Waals surface area (Å²) in [5.41, 5.74) is 15.1. The molecule has 12 nitrogen and oxygen atoms in total. The summed E-state index contributed by atoms with van der Waals surface area (Å²) in [4.78, 5) is 35.1. The summed E-state index contributed by atoms with van der Waals surface area (Å²) in [7, 11) is 0. The molecule has 0 aliphatic rings. The molecule has 1 aromatic carbocycles. The number of aliphatic carboxylic acids is 1. The number of Topliss-reactive ketones (excluding diaryl/α,β-unsaturated/α-hetero) is 1. The second-order valence-electron chi connectivity index (χ2n) is 8.12. The number of carboxylic acid groups (broad SMARTS) is 1. The summed E-state index contributed by atoms with van der Waals surface area (Å²) in [6.07, 6.45) is 4.51. The molecule has 0 unspecified atom stereocenters. The van der Waals surface area contributed by atoms with Crippen molar-refractivity contribution in [2.75, 3.05) is 24.7 Å². The number of ether oxygens (including phenoxy) is 1. The van der Waals surface area contributed by atoms with Crippen LogP contribution >= 0.6 is 0 Å². The summed E-state index contributed by atoms with van der Waals surface area (Å²) >= 11 is 0. The van der Waals surface area contributed by atoms with Crippen LogP contribution in [0.3, 0.4) is 0 Å². The maximum absolute atomic E-state index is 12.0. The van der Waals surface area contributed by atoms with Gasteiger partial charge in [0.2, 0.25) is 0 Å². The number of rotatable bonds is 13. The van der Waals surface area contributed by atoms with Gasteiger partial charge in [0.15, 0.2) is 11.2 Å². The standard InChI is InChI=1S/C23H27N7O5/c24-21-19-20(14-5-6-17-16(12-14)28-23(25)35-17)29-30(22(19)27-13-26-21)9-3-1-2-4-15(31)7-10-34-11-8-18(32)33/h5-6,12-13H,1-4,7-11H2,(H2,25,28)(H,32,33)(H2,24,26,27). The number of benzene rings is 1. The van der Waals surface area contributed by atoms with E-state index in [1.54, 1.807) is 6.07 Å². The molecule has 0 saturated heterocycles. The van der Waals surface area contributed by atoms with Crippen LogP contribution in [-0.2, 0) is 20.9 Å². The fourth-order valence-corrected chi connectivity index (χ4v) is 3.81. The van der Waals surface area contributed by atoms with E-state index in [1.165, 1.54) is 6.33 Å². The number of aromatic nitrogens is 5. The number of nitrogens with zero attached hydrogens (tertiary/aromatic N) is 5. The highest BCUT2D eigenvalue weighted by molar-refractivity contribution is 5.99. The summed E-state index contributed by atoms with van der Waals surface area (Å²) in [6, 6.07) is 5.58. The van der Waals surface area contributed by atoms with Crippen molar-refractivity contribution in [2.45, 2.75) is 45.1 Å². The Bertz CT molecular complexity index is 1350. The van der Waals surface area contributed by atoms with Gasteiger partial charge in [-0.1, -0.05) is 6.42 Å². The minimum absolute atomic E-state index is 0.0575.